The van der Waals surface area contributed by atoms with Crippen LogP contribution < -0.4 is 0 Å². The number of likely N-dealkylation sites (N-methyl/N-ethyl adjacent to an activating group) is 1. The van der Waals surface area contributed by atoms with Crippen molar-refractivity contribution in [1.82, 2.24) is 4.90 Å². The van der Waals surface area contributed by atoms with E-state index >= 15 is 0 Å². The van der Waals surface area contributed by atoms with E-state index in [2.05, 4.69) is 11.8 Å². The van der Waals surface area contributed by atoms with Crippen LogP contribution in [-0.2, 0) is 9.53 Å². The van der Waals surface area contributed by atoms with Crippen LogP contribution in [0.1, 0.15) is 52.9 Å². The van der Waals surface area contributed by atoms with Crippen molar-refractivity contribution in [1.29, 1.82) is 0 Å². The number of hydrogen-bond donors (Lipinski definition) is 0. The van der Waals surface area contributed by atoms with Gasteiger partial charge in [0, 0.05) is 6.04 Å². The van der Waals surface area contributed by atoms with Crippen molar-refractivity contribution in [3.63, 3.8) is 0 Å². The van der Waals surface area contributed by atoms with Gasteiger partial charge in [0.15, 0.2) is 0 Å². The summed E-state index contributed by atoms with van der Waals surface area (Å²) in [5, 5.41) is 0. The number of carbonyl (C=O) groups is 1. The van der Waals surface area contributed by atoms with E-state index in [0.29, 0.717) is 12.6 Å². The van der Waals surface area contributed by atoms with Crippen molar-refractivity contribution in [2.45, 2.75) is 65.0 Å². The van der Waals surface area contributed by atoms with E-state index in [0.717, 1.165) is 6.54 Å². The van der Waals surface area contributed by atoms with Crippen LogP contribution in [0, 0.1) is 0 Å². The summed E-state index contributed by atoms with van der Waals surface area (Å²) in [6, 6.07) is 0.492. The van der Waals surface area contributed by atoms with Crippen molar-refractivity contribution < 1.29 is 9.53 Å². The molecule has 1 atom stereocenters. The Hall–Kier alpha value is -0.570. The Labute approximate surface area is 99.1 Å². The average molecular weight is 227 g/mol. The molecule has 0 amide bonds. The van der Waals surface area contributed by atoms with Gasteiger partial charge in [0.1, 0.15) is 6.04 Å². The van der Waals surface area contributed by atoms with Crippen molar-refractivity contribution in [2.75, 3.05) is 13.2 Å². The van der Waals surface area contributed by atoms with Gasteiger partial charge in [0.2, 0.25) is 0 Å². The van der Waals surface area contributed by atoms with Crippen LogP contribution in [0.3, 0.4) is 0 Å². The molecule has 0 aliphatic heterocycles. The minimum atomic E-state index is -0.0898. The second kappa shape index (κ2) is 6.89. The van der Waals surface area contributed by atoms with E-state index in [9.17, 15) is 4.79 Å². The van der Waals surface area contributed by atoms with Gasteiger partial charge in [-0.3, -0.25) is 9.69 Å². The van der Waals surface area contributed by atoms with E-state index in [1.807, 2.05) is 13.8 Å². The third-order valence-corrected chi connectivity index (χ3v) is 3.53. The zero-order valence-electron chi connectivity index (χ0n) is 10.9. The zero-order chi connectivity index (χ0) is 12.0. The summed E-state index contributed by atoms with van der Waals surface area (Å²) in [6.45, 7) is 7.37. The maximum absolute atomic E-state index is 11.7. The van der Waals surface area contributed by atoms with Gasteiger partial charge in [-0.15, -0.1) is 0 Å². The molecule has 0 spiro atoms. The molecule has 1 saturated carbocycles. The minimum absolute atomic E-state index is 0.0741. The molecule has 0 bridgehead atoms. The van der Waals surface area contributed by atoms with Gasteiger partial charge < -0.3 is 4.74 Å². The van der Waals surface area contributed by atoms with Gasteiger partial charge in [0.05, 0.1) is 6.61 Å². The highest BCUT2D eigenvalue weighted by atomic mass is 16.5. The molecule has 0 saturated heterocycles. The van der Waals surface area contributed by atoms with Gasteiger partial charge >= 0.3 is 5.97 Å². The Morgan fingerprint density at radius 3 is 2.44 bits per heavy atom. The van der Waals surface area contributed by atoms with Crippen LogP contribution in [0.25, 0.3) is 0 Å². The zero-order valence-corrected chi connectivity index (χ0v) is 10.9. The second-order valence-corrected chi connectivity index (χ2v) is 4.55. The van der Waals surface area contributed by atoms with Crippen LogP contribution in [-0.4, -0.2) is 36.1 Å². The summed E-state index contributed by atoms with van der Waals surface area (Å²) >= 11 is 0. The molecule has 16 heavy (non-hydrogen) atoms. The van der Waals surface area contributed by atoms with Gasteiger partial charge in [-0.05, 0) is 33.2 Å². The van der Waals surface area contributed by atoms with Crippen LogP contribution in [0.2, 0.25) is 0 Å². The van der Waals surface area contributed by atoms with Crippen LogP contribution in [0.5, 0.6) is 0 Å². The summed E-state index contributed by atoms with van der Waals surface area (Å²) in [5.41, 5.74) is 0. The molecular weight excluding hydrogens is 202 g/mol. The predicted octanol–water partition coefficient (Wildman–Crippen LogP) is 2.59. The normalized spacial score (nSPS) is 19.8. The Balaban J connectivity index is 2.53. The summed E-state index contributed by atoms with van der Waals surface area (Å²) in [4.78, 5) is 14.0. The Kier molecular flexibility index (Phi) is 5.81. The summed E-state index contributed by atoms with van der Waals surface area (Å²) in [6.07, 6.45) is 6.42. The van der Waals surface area contributed by atoms with Gasteiger partial charge in [0.25, 0.3) is 0 Å². The van der Waals surface area contributed by atoms with Crippen molar-refractivity contribution >= 4 is 5.97 Å². The van der Waals surface area contributed by atoms with Gasteiger partial charge in [-0.2, -0.15) is 0 Å². The molecule has 0 aromatic rings. The minimum Gasteiger partial charge on any atom is -0.465 e. The topological polar surface area (TPSA) is 29.5 Å². The van der Waals surface area contributed by atoms with Crippen LogP contribution in [0.4, 0.5) is 0 Å². The molecule has 1 rings (SSSR count). The molecule has 1 unspecified atom stereocenters. The largest absolute Gasteiger partial charge is 0.465 e. The fourth-order valence-corrected chi connectivity index (χ4v) is 2.66. The van der Waals surface area contributed by atoms with Gasteiger partial charge in [-0.25, -0.2) is 0 Å². The molecule has 1 aliphatic rings. The predicted molar refractivity (Wildman–Crippen MR) is 65.3 cm³/mol. The number of carbonyl (C=O) groups excluding carboxylic acids is 1. The molecule has 0 N–H and O–H groups in total. The lowest BCUT2D eigenvalue weighted by Gasteiger charge is -2.36. The highest BCUT2D eigenvalue weighted by Crippen LogP contribution is 2.24. The van der Waals surface area contributed by atoms with Crippen LogP contribution >= 0.6 is 0 Å². The molecular formula is C13H25NO2. The summed E-state index contributed by atoms with van der Waals surface area (Å²) in [5.74, 6) is -0.0741. The van der Waals surface area contributed by atoms with E-state index in [1.165, 1.54) is 32.1 Å². The first-order chi connectivity index (χ1) is 7.70. The molecule has 0 aromatic heterocycles. The van der Waals surface area contributed by atoms with Crippen LogP contribution in [0.15, 0.2) is 0 Å². The summed E-state index contributed by atoms with van der Waals surface area (Å²) < 4.78 is 5.10. The average Bonchev–Trinajstić information content (AvgIpc) is 2.31. The Morgan fingerprint density at radius 2 is 1.94 bits per heavy atom. The lowest BCUT2D eigenvalue weighted by Crippen LogP contribution is -2.47. The Bertz CT molecular complexity index is 212. The molecule has 1 aliphatic carbocycles. The van der Waals surface area contributed by atoms with Gasteiger partial charge in [-0.1, -0.05) is 26.2 Å². The SMILES string of the molecule is CCOC(=O)C(C)N(CC)C1CCCCC1. The smallest absolute Gasteiger partial charge is 0.323 e. The fraction of sp³-hybridized carbons (Fsp3) is 0.923. The lowest BCUT2D eigenvalue weighted by atomic mass is 9.93. The van der Waals surface area contributed by atoms with Crippen molar-refractivity contribution in [2.24, 2.45) is 0 Å². The van der Waals surface area contributed by atoms with E-state index in [1.54, 1.807) is 0 Å². The number of ether oxygens (including phenoxy) is 1. The first-order valence-electron chi connectivity index (χ1n) is 6.63. The fourth-order valence-electron chi connectivity index (χ4n) is 2.66. The van der Waals surface area contributed by atoms with Crippen molar-refractivity contribution in [3.05, 3.63) is 0 Å². The number of esters is 1. The van der Waals surface area contributed by atoms with E-state index < -0.39 is 0 Å². The first kappa shape index (κ1) is 13.5. The molecule has 94 valence electrons. The lowest BCUT2D eigenvalue weighted by molar-refractivity contribution is -0.150. The number of nitrogens with zero attached hydrogens (tertiary/aromatic N) is 1. The highest BCUT2D eigenvalue weighted by Gasteiger charge is 2.28. The molecule has 3 heteroatoms. The Morgan fingerprint density at radius 1 is 1.31 bits per heavy atom. The second-order valence-electron chi connectivity index (χ2n) is 4.55. The molecule has 1 fully saturated rings. The standard InChI is InChI=1S/C13H25NO2/c1-4-14(11(3)13(15)16-5-2)12-9-7-6-8-10-12/h11-12H,4-10H2,1-3H3. The monoisotopic (exact) mass is 227 g/mol. The summed E-state index contributed by atoms with van der Waals surface area (Å²) in [7, 11) is 0. The first-order valence-corrected chi connectivity index (χ1v) is 6.63. The third kappa shape index (κ3) is 3.48. The molecule has 0 heterocycles. The molecule has 0 radical (unpaired) electrons. The molecule has 3 nitrogen and oxygen atoms in total. The highest BCUT2D eigenvalue weighted by molar-refractivity contribution is 5.75. The maximum Gasteiger partial charge on any atom is 0.323 e. The number of rotatable bonds is 5. The quantitative estimate of drug-likeness (QED) is 0.676. The van der Waals surface area contributed by atoms with E-state index in [4.69, 9.17) is 4.74 Å². The van der Waals surface area contributed by atoms with E-state index in [-0.39, 0.29) is 12.0 Å². The maximum atomic E-state index is 11.7. The third-order valence-electron chi connectivity index (χ3n) is 3.53. The number of hydrogen-bond acceptors (Lipinski definition) is 3. The van der Waals surface area contributed by atoms with Crippen molar-refractivity contribution in [3.8, 4) is 0 Å². The molecule has 0 aromatic carbocycles.